The Kier molecular flexibility index (Phi) is 4.44. The van der Waals surface area contributed by atoms with Crippen molar-refractivity contribution in [3.05, 3.63) is 28.7 Å². The number of amides is 1. The first kappa shape index (κ1) is 12.4. The third-order valence-electron chi connectivity index (χ3n) is 1.77. The van der Waals surface area contributed by atoms with Gasteiger partial charge in [-0.3, -0.25) is 9.00 Å². The predicted octanol–water partition coefficient (Wildman–Crippen LogP) is 0.369. The van der Waals surface area contributed by atoms with Gasteiger partial charge < -0.3 is 11.5 Å². The van der Waals surface area contributed by atoms with Crippen LogP contribution in [0, 0.1) is 0 Å². The Morgan fingerprint density at radius 3 is 2.40 bits per heavy atom. The molecule has 0 spiro atoms. The van der Waals surface area contributed by atoms with E-state index in [4.69, 9.17) is 11.5 Å². The first-order valence-electron chi connectivity index (χ1n) is 4.19. The van der Waals surface area contributed by atoms with Crippen molar-refractivity contribution in [2.75, 3.05) is 5.75 Å². The average molecular weight is 291 g/mol. The van der Waals surface area contributed by atoms with E-state index in [9.17, 15) is 9.00 Å². The van der Waals surface area contributed by atoms with Crippen LogP contribution >= 0.6 is 15.9 Å². The Balaban J connectivity index is 2.69. The van der Waals surface area contributed by atoms with Gasteiger partial charge in [0, 0.05) is 9.37 Å². The van der Waals surface area contributed by atoms with Crippen LogP contribution < -0.4 is 11.5 Å². The van der Waals surface area contributed by atoms with Gasteiger partial charge in [-0.05, 0) is 24.3 Å². The maximum atomic E-state index is 11.7. The minimum atomic E-state index is -1.29. The Labute approximate surface area is 98.6 Å². The van der Waals surface area contributed by atoms with Crippen molar-refractivity contribution in [1.29, 1.82) is 0 Å². The van der Waals surface area contributed by atoms with Crippen molar-refractivity contribution in [3.63, 3.8) is 0 Å². The molecule has 82 valence electrons. The van der Waals surface area contributed by atoms with Crippen molar-refractivity contribution >= 4 is 32.6 Å². The first-order chi connectivity index (χ1) is 7.00. The molecule has 15 heavy (non-hydrogen) atoms. The van der Waals surface area contributed by atoms with E-state index in [2.05, 4.69) is 15.9 Å². The van der Waals surface area contributed by atoms with Crippen LogP contribution in [-0.2, 0) is 15.6 Å². The van der Waals surface area contributed by atoms with Crippen LogP contribution in [-0.4, -0.2) is 21.9 Å². The Morgan fingerprint density at radius 2 is 1.93 bits per heavy atom. The van der Waals surface area contributed by atoms with Crippen LogP contribution in [0.2, 0.25) is 0 Å². The zero-order valence-electron chi connectivity index (χ0n) is 7.85. The number of primary amides is 1. The zero-order chi connectivity index (χ0) is 11.4. The summed E-state index contributed by atoms with van der Waals surface area (Å²) in [6, 6.07) is 6.13. The molecule has 0 radical (unpaired) electrons. The molecule has 1 aromatic rings. The highest BCUT2D eigenvalue weighted by atomic mass is 79.9. The average Bonchev–Trinajstić information content (AvgIpc) is 2.18. The summed E-state index contributed by atoms with van der Waals surface area (Å²) in [5.41, 5.74) is 10.4. The van der Waals surface area contributed by atoms with Crippen molar-refractivity contribution < 1.29 is 9.00 Å². The molecule has 2 atom stereocenters. The second-order valence-corrected chi connectivity index (χ2v) is 5.39. The largest absolute Gasteiger partial charge is 0.368 e. The van der Waals surface area contributed by atoms with Crippen molar-refractivity contribution in [2.45, 2.75) is 10.9 Å². The third kappa shape index (κ3) is 3.73. The number of nitrogens with two attached hydrogens (primary N) is 2. The van der Waals surface area contributed by atoms with Crippen LogP contribution in [0.4, 0.5) is 0 Å². The van der Waals surface area contributed by atoms with Gasteiger partial charge in [0.25, 0.3) is 0 Å². The van der Waals surface area contributed by atoms with Gasteiger partial charge in [0.05, 0.1) is 22.6 Å². The standard InChI is InChI=1S/C9H11BrN2O2S/c10-6-1-3-7(4-2-6)15(14)5-8(11)9(12)13/h1-4,8H,5,11H2,(H2,12,13). The van der Waals surface area contributed by atoms with Gasteiger partial charge in [0.15, 0.2) is 0 Å². The van der Waals surface area contributed by atoms with Gasteiger partial charge in [0.2, 0.25) is 5.91 Å². The highest BCUT2D eigenvalue weighted by Crippen LogP contribution is 2.13. The van der Waals surface area contributed by atoms with Gasteiger partial charge in [-0.1, -0.05) is 15.9 Å². The molecule has 0 aliphatic heterocycles. The second-order valence-electron chi connectivity index (χ2n) is 2.97. The fraction of sp³-hybridized carbons (Fsp3) is 0.222. The van der Waals surface area contributed by atoms with Crippen molar-refractivity contribution in [3.8, 4) is 0 Å². The number of hydrogen-bond donors (Lipinski definition) is 2. The summed E-state index contributed by atoms with van der Waals surface area (Å²) >= 11 is 3.27. The summed E-state index contributed by atoms with van der Waals surface area (Å²) in [5, 5.41) is 0. The molecule has 1 rings (SSSR count). The predicted molar refractivity (Wildman–Crippen MR) is 62.6 cm³/mol. The number of carbonyl (C=O) groups excluding carboxylic acids is 1. The highest BCUT2D eigenvalue weighted by Gasteiger charge is 2.14. The molecule has 1 aromatic carbocycles. The van der Waals surface area contributed by atoms with Crippen LogP contribution in [0.15, 0.2) is 33.6 Å². The first-order valence-corrected chi connectivity index (χ1v) is 6.30. The third-order valence-corrected chi connectivity index (χ3v) is 3.76. The Hall–Kier alpha value is -0.720. The molecule has 0 saturated heterocycles. The van der Waals surface area contributed by atoms with E-state index in [1.54, 1.807) is 24.3 Å². The molecule has 0 heterocycles. The number of carbonyl (C=O) groups is 1. The number of halogens is 1. The molecule has 0 aliphatic carbocycles. The van der Waals surface area contributed by atoms with E-state index in [0.717, 1.165) is 4.47 Å². The molecular formula is C9H11BrN2O2S. The van der Waals surface area contributed by atoms with Gasteiger partial charge in [0.1, 0.15) is 0 Å². The fourth-order valence-electron chi connectivity index (χ4n) is 0.928. The molecule has 0 fully saturated rings. The van der Waals surface area contributed by atoms with E-state index in [1.807, 2.05) is 0 Å². The normalized spacial score (nSPS) is 14.5. The fourth-order valence-corrected chi connectivity index (χ4v) is 2.31. The number of benzene rings is 1. The molecule has 0 aromatic heterocycles. The lowest BCUT2D eigenvalue weighted by Crippen LogP contribution is -2.40. The van der Waals surface area contributed by atoms with Crippen LogP contribution in [0.1, 0.15) is 0 Å². The molecule has 0 aliphatic rings. The van der Waals surface area contributed by atoms with Gasteiger partial charge in [-0.15, -0.1) is 0 Å². The quantitative estimate of drug-likeness (QED) is 0.840. The van der Waals surface area contributed by atoms with Crippen LogP contribution in [0.3, 0.4) is 0 Å². The van der Waals surface area contributed by atoms with Crippen LogP contribution in [0.25, 0.3) is 0 Å². The topological polar surface area (TPSA) is 86.2 Å². The van der Waals surface area contributed by atoms with E-state index < -0.39 is 22.7 Å². The van der Waals surface area contributed by atoms with Crippen LogP contribution in [0.5, 0.6) is 0 Å². The van der Waals surface area contributed by atoms with E-state index in [-0.39, 0.29) is 5.75 Å². The van der Waals surface area contributed by atoms with Crippen molar-refractivity contribution in [1.82, 2.24) is 0 Å². The molecular weight excluding hydrogens is 280 g/mol. The van der Waals surface area contributed by atoms with E-state index >= 15 is 0 Å². The lowest BCUT2D eigenvalue weighted by molar-refractivity contribution is -0.118. The van der Waals surface area contributed by atoms with Crippen molar-refractivity contribution in [2.24, 2.45) is 11.5 Å². The lowest BCUT2D eigenvalue weighted by atomic mass is 10.3. The SMILES string of the molecule is NC(=O)C(N)CS(=O)c1ccc(Br)cc1. The van der Waals surface area contributed by atoms with E-state index in [0.29, 0.717) is 4.90 Å². The maximum absolute atomic E-state index is 11.7. The Morgan fingerprint density at radius 1 is 1.40 bits per heavy atom. The summed E-state index contributed by atoms with van der Waals surface area (Å²) in [7, 11) is -1.29. The lowest BCUT2D eigenvalue weighted by Gasteiger charge is -2.06. The molecule has 0 bridgehead atoms. The zero-order valence-corrected chi connectivity index (χ0v) is 10.3. The summed E-state index contributed by atoms with van der Waals surface area (Å²) < 4.78 is 12.6. The summed E-state index contributed by atoms with van der Waals surface area (Å²) in [5.74, 6) is -0.586. The number of rotatable bonds is 4. The van der Waals surface area contributed by atoms with E-state index in [1.165, 1.54) is 0 Å². The smallest absolute Gasteiger partial charge is 0.235 e. The maximum Gasteiger partial charge on any atom is 0.235 e. The molecule has 0 saturated carbocycles. The second kappa shape index (κ2) is 5.39. The highest BCUT2D eigenvalue weighted by molar-refractivity contribution is 9.10. The minimum absolute atomic E-state index is 0.0525. The Bertz CT molecular complexity index is 380. The minimum Gasteiger partial charge on any atom is -0.368 e. The summed E-state index contributed by atoms with van der Waals surface area (Å²) in [6.07, 6.45) is 0. The van der Waals surface area contributed by atoms with Gasteiger partial charge >= 0.3 is 0 Å². The van der Waals surface area contributed by atoms with Gasteiger partial charge in [-0.2, -0.15) is 0 Å². The van der Waals surface area contributed by atoms with Gasteiger partial charge in [-0.25, -0.2) is 0 Å². The number of hydrogen-bond acceptors (Lipinski definition) is 3. The monoisotopic (exact) mass is 290 g/mol. The molecule has 1 amide bonds. The molecule has 4 N–H and O–H groups in total. The molecule has 4 nitrogen and oxygen atoms in total. The summed E-state index contributed by atoms with van der Waals surface area (Å²) in [6.45, 7) is 0. The summed E-state index contributed by atoms with van der Waals surface area (Å²) in [4.78, 5) is 11.3. The molecule has 2 unspecified atom stereocenters. The molecule has 6 heteroatoms.